The summed E-state index contributed by atoms with van der Waals surface area (Å²) in [4.78, 5) is 33.0. The molecule has 1 heterocycles. The number of hydrogen-bond donors (Lipinski definition) is 3. The number of methoxy groups -OCH3 is 2. The zero-order valence-corrected chi connectivity index (χ0v) is 22.0. The quantitative estimate of drug-likeness (QED) is 0.360. The summed E-state index contributed by atoms with van der Waals surface area (Å²) in [6, 6.07) is 18.3. The predicted octanol–water partition coefficient (Wildman–Crippen LogP) is 3.14. The van der Waals surface area contributed by atoms with E-state index in [4.69, 9.17) is 14.3 Å². The molecule has 1 fully saturated rings. The fourth-order valence-electron chi connectivity index (χ4n) is 4.52. The minimum Gasteiger partial charge on any atom is -0.504 e. The molecule has 39 heavy (non-hydrogen) atoms. The van der Waals surface area contributed by atoms with E-state index < -0.39 is 18.1 Å². The Morgan fingerprint density at radius 2 is 1.74 bits per heavy atom. The molecule has 2 atom stereocenters. The van der Waals surface area contributed by atoms with Crippen LogP contribution in [0.4, 0.5) is 0 Å². The molecule has 1 aliphatic rings. The van der Waals surface area contributed by atoms with Gasteiger partial charge >= 0.3 is 0 Å². The molecule has 3 aromatic carbocycles. The first-order valence-corrected chi connectivity index (χ1v) is 12.3. The second-order valence-electron chi connectivity index (χ2n) is 8.96. The van der Waals surface area contributed by atoms with Crippen molar-refractivity contribution in [3.05, 3.63) is 77.9 Å². The first-order chi connectivity index (χ1) is 18.9. The van der Waals surface area contributed by atoms with Gasteiger partial charge in [-0.3, -0.25) is 9.59 Å². The number of phenolic OH excluding ortho intramolecular Hbond substituents is 1. The van der Waals surface area contributed by atoms with E-state index >= 15 is 0 Å². The van der Waals surface area contributed by atoms with E-state index in [9.17, 15) is 19.8 Å². The maximum Gasteiger partial charge on any atom is 0.254 e. The lowest BCUT2D eigenvalue weighted by molar-refractivity contribution is -0.125. The number of aliphatic hydroxyl groups is 1. The Bertz CT molecular complexity index is 1360. The maximum atomic E-state index is 13.5. The number of oxime groups is 1. The number of phenols is 1. The van der Waals surface area contributed by atoms with Gasteiger partial charge in [0, 0.05) is 24.1 Å². The number of ether oxygens (including phenoxy) is 2. The minimum atomic E-state index is -1.05. The van der Waals surface area contributed by atoms with Gasteiger partial charge in [0.1, 0.15) is 18.9 Å². The van der Waals surface area contributed by atoms with Gasteiger partial charge in [-0.2, -0.15) is 0 Å². The van der Waals surface area contributed by atoms with Crippen LogP contribution in [0.5, 0.6) is 17.2 Å². The Balaban J connectivity index is 1.48. The van der Waals surface area contributed by atoms with E-state index in [-0.39, 0.29) is 36.9 Å². The molecule has 204 valence electrons. The Hall–Kier alpha value is -4.57. The summed E-state index contributed by atoms with van der Waals surface area (Å²) >= 11 is 0. The van der Waals surface area contributed by atoms with Crippen LogP contribution in [0.15, 0.2) is 71.9 Å². The second kappa shape index (κ2) is 12.3. The lowest BCUT2D eigenvalue weighted by Crippen LogP contribution is -2.46. The van der Waals surface area contributed by atoms with E-state index in [0.29, 0.717) is 16.8 Å². The SMILES string of the molecule is CON=C1C[C@@H](C(=O)NC[C@H](O)c2ccc(O)c(OC)c2)N(C(=O)c2ccc(-c3ccccc3OC)cc2)C1. The van der Waals surface area contributed by atoms with Crippen molar-refractivity contribution in [2.45, 2.75) is 18.6 Å². The molecule has 0 unspecified atom stereocenters. The molecule has 0 spiro atoms. The number of amides is 2. The maximum absolute atomic E-state index is 13.5. The molecular formula is C29H31N3O7. The number of carbonyl (C=O) groups excluding carboxylic acids is 2. The Morgan fingerprint density at radius 1 is 1.03 bits per heavy atom. The molecule has 3 N–H and O–H groups in total. The van der Waals surface area contributed by atoms with Crippen LogP contribution in [0.2, 0.25) is 0 Å². The topological polar surface area (TPSA) is 130 Å². The van der Waals surface area contributed by atoms with E-state index in [1.807, 2.05) is 36.4 Å². The highest BCUT2D eigenvalue weighted by molar-refractivity contribution is 6.05. The molecule has 10 heteroatoms. The highest BCUT2D eigenvalue weighted by Gasteiger charge is 2.38. The van der Waals surface area contributed by atoms with Gasteiger partial charge in [-0.05, 0) is 41.5 Å². The zero-order valence-electron chi connectivity index (χ0n) is 22.0. The van der Waals surface area contributed by atoms with Crippen molar-refractivity contribution in [2.75, 3.05) is 34.4 Å². The molecule has 0 radical (unpaired) electrons. The number of para-hydroxylation sites is 1. The smallest absolute Gasteiger partial charge is 0.254 e. The predicted molar refractivity (Wildman–Crippen MR) is 145 cm³/mol. The molecule has 2 amide bonds. The number of nitrogens with zero attached hydrogens (tertiary/aromatic N) is 2. The van der Waals surface area contributed by atoms with Gasteiger partial charge in [0.25, 0.3) is 5.91 Å². The van der Waals surface area contributed by atoms with Gasteiger partial charge in [0.2, 0.25) is 5.91 Å². The van der Waals surface area contributed by atoms with Crippen molar-refractivity contribution in [2.24, 2.45) is 5.16 Å². The normalized spacial score (nSPS) is 16.6. The van der Waals surface area contributed by atoms with Crippen molar-refractivity contribution < 1.29 is 34.1 Å². The molecule has 0 saturated carbocycles. The Labute approximate surface area is 226 Å². The van der Waals surface area contributed by atoms with Crippen molar-refractivity contribution in [1.82, 2.24) is 10.2 Å². The molecule has 10 nitrogen and oxygen atoms in total. The summed E-state index contributed by atoms with van der Waals surface area (Å²) in [6.07, 6.45) is -0.850. The van der Waals surface area contributed by atoms with Gasteiger partial charge in [0.05, 0.1) is 32.6 Å². The average Bonchev–Trinajstić information content (AvgIpc) is 3.39. The summed E-state index contributed by atoms with van der Waals surface area (Å²) in [7, 11) is 4.42. The number of benzene rings is 3. The minimum absolute atomic E-state index is 0.0570. The number of likely N-dealkylation sites (tertiary alicyclic amines) is 1. The van der Waals surface area contributed by atoms with E-state index in [1.54, 1.807) is 19.2 Å². The molecule has 0 aromatic heterocycles. The largest absolute Gasteiger partial charge is 0.504 e. The Morgan fingerprint density at radius 3 is 2.44 bits per heavy atom. The van der Waals surface area contributed by atoms with Crippen LogP contribution in [0, 0.1) is 0 Å². The third-order valence-electron chi connectivity index (χ3n) is 6.55. The van der Waals surface area contributed by atoms with Crippen LogP contribution in [0.25, 0.3) is 11.1 Å². The number of hydrogen-bond acceptors (Lipinski definition) is 8. The second-order valence-corrected chi connectivity index (χ2v) is 8.96. The van der Waals surface area contributed by atoms with E-state index in [1.165, 1.54) is 37.3 Å². The molecule has 1 aliphatic heterocycles. The van der Waals surface area contributed by atoms with E-state index in [2.05, 4.69) is 10.5 Å². The third kappa shape index (κ3) is 6.12. The Kier molecular flexibility index (Phi) is 8.67. The number of carbonyl (C=O) groups is 2. The van der Waals surface area contributed by atoms with Gasteiger partial charge < -0.3 is 34.7 Å². The van der Waals surface area contributed by atoms with Crippen molar-refractivity contribution >= 4 is 17.5 Å². The van der Waals surface area contributed by atoms with Gasteiger partial charge in [-0.25, -0.2) is 0 Å². The monoisotopic (exact) mass is 533 g/mol. The molecule has 3 aromatic rings. The third-order valence-corrected chi connectivity index (χ3v) is 6.55. The highest BCUT2D eigenvalue weighted by atomic mass is 16.6. The fraction of sp³-hybridized carbons (Fsp3) is 0.276. The molecular weight excluding hydrogens is 502 g/mol. The number of nitrogens with one attached hydrogen (secondary N) is 1. The summed E-state index contributed by atoms with van der Waals surface area (Å²) in [5.41, 5.74) is 3.22. The lowest BCUT2D eigenvalue weighted by Gasteiger charge is -2.24. The summed E-state index contributed by atoms with van der Waals surface area (Å²) in [6.45, 7) is 0.0341. The van der Waals surface area contributed by atoms with Crippen LogP contribution in [0.1, 0.15) is 28.4 Å². The molecule has 0 bridgehead atoms. The van der Waals surface area contributed by atoms with Crippen LogP contribution in [-0.2, 0) is 9.63 Å². The van der Waals surface area contributed by atoms with Crippen LogP contribution in [-0.4, -0.2) is 73.1 Å². The van der Waals surface area contributed by atoms with E-state index in [0.717, 1.165) is 16.9 Å². The van der Waals surface area contributed by atoms with Gasteiger partial charge in [-0.1, -0.05) is 41.6 Å². The van der Waals surface area contributed by atoms with Gasteiger partial charge in [-0.15, -0.1) is 0 Å². The van der Waals surface area contributed by atoms with Crippen LogP contribution >= 0.6 is 0 Å². The van der Waals surface area contributed by atoms with Crippen molar-refractivity contribution in [3.8, 4) is 28.4 Å². The molecule has 0 aliphatic carbocycles. The molecule has 4 rings (SSSR count). The summed E-state index contributed by atoms with van der Waals surface area (Å²) in [5.74, 6) is 0.120. The van der Waals surface area contributed by atoms with Gasteiger partial charge in [0.15, 0.2) is 11.5 Å². The number of rotatable bonds is 9. The number of aliphatic hydroxyl groups excluding tert-OH is 1. The highest BCUT2D eigenvalue weighted by Crippen LogP contribution is 2.31. The number of aromatic hydroxyl groups is 1. The zero-order chi connectivity index (χ0) is 27.9. The fourth-order valence-corrected chi connectivity index (χ4v) is 4.52. The molecule has 1 saturated heterocycles. The van der Waals surface area contributed by atoms with Crippen molar-refractivity contribution in [3.63, 3.8) is 0 Å². The average molecular weight is 534 g/mol. The van der Waals surface area contributed by atoms with Crippen molar-refractivity contribution in [1.29, 1.82) is 0 Å². The van der Waals surface area contributed by atoms with Crippen LogP contribution < -0.4 is 14.8 Å². The van der Waals surface area contributed by atoms with Crippen LogP contribution in [0.3, 0.4) is 0 Å². The first kappa shape index (κ1) is 27.5. The summed E-state index contributed by atoms with van der Waals surface area (Å²) in [5, 5.41) is 27.1. The first-order valence-electron chi connectivity index (χ1n) is 12.3. The lowest BCUT2D eigenvalue weighted by atomic mass is 10.0. The standard InChI is InChI=1S/C29H31N3O7/c1-37-26-7-5-4-6-22(26)18-8-10-19(11-9-18)29(36)32-17-21(31-39-3)15-23(32)28(35)30-16-25(34)20-12-13-24(33)27(14-20)38-2/h4-14,23,25,33-34H,15-17H2,1-3H3,(H,30,35)/t23-,25-/m0/s1. The summed E-state index contributed by atoms with van der Waals surface area (Å²) < 4.78 is 10.5.